The van der Waals surface area contributed by atoms with Crippen molar-refractivity contribution in [3.8, 4) is 0 Å². The molecule has 1 aromatic heterocycles. The van der Waals surface area contributed by atoms with Crippen molar-refractivity contribution >= 4 is 17.3 Å². The predicted molar refractivity (Wildman–Crippen MR) is 78.0 cm³/mol. The smallest absolute Gasteiger partial charge is 0.335 e. The molecule has 1 saturated carbocycles. The van der Waals surface area contributed by atoms with Gasteiger partial charge in [-0.2, -0.15) is 0 Å². The van der Waals surface area contributed by atoms with Gasteiger partial charge >= 0.3 is 5.97 Å². The molecule has 1 heterocycles. The highest BCUT2D eigenvalue weighted by Gasteiger charge is 2.25. The van der Waals surface area contributed by atoms with Gasteiger partial charge in [0, 0.05) is 24.4 Å². The van der Waals surface area contributed by atoms with E-state index in [1.54, 1.807) is 23.5 Å². The quantitative estimate of drug-likeness (QED) is 0.857. The van der Waals surface area contributed by atoms with Crippen LogP contribution in [0.3, 0.4) is 0 Å². The summed E-state index contributed by atoms with van der Waals surface area (Å²) in [6.07, 6.45) is 2.57. The molecule has 0 spiro atoms. The number of benzene rings is 1. The molecule has 1 aliphatic rings. The van der Waals surface area contributed by atoms with E-state index in [4.69, 9.17) is 5.11 Å². The fourth-order valence-electron chi connectivity index (χ4n) is 2.05. The molecule has 20 heavy (non-hydrogen) atoms. The highest BCUT2D eigenvalue weighted by atomic mass is 32.1. The molecular formula is C15H16N2O2S. The van der Waals surface area contributed by atoms with Crippen molar-refractivity contribution < 1.29 is 9.90 Å². The Morgan fingerprint density at radius 2 is 2.05 bits per heavy atom. The van der Waals surface area contributed by atoms with Gasteiger partial charge in [0.25, 0.3) is 0 Å². The zero-order chi connectivity index (χ0) is 13.9. The van der Waals surface area contributed by atoms with Crippen molar-refractivity contribution in [2.24, 2.45) is 0 Å². The van der Waals surface area contributed by atoms with Gasteiger partial charge in [0.2, 0.25) is 0 Å². The topological polar surface area (TPSA) is 62.2 Å². The molecule has 0 saturated heterocycles. The van der Waals surface area contributed by atoms with Gasteiger partial charge in [-0.3, -0.25) is 0 Å². The molecular weight excluding hydrogens is 272 g/mol. The van der Waals surface area contributed by atoms with Gasteiger partial charge in [0.1, 0.15) is 5.01 Å². The molecule has 2 N–H and O–H groups in total. The van der Waals surface area contributed by atoms with Gasteiger partial charge in [-0.1, -0.05) is 12.1 Å². The van der Waals surface area contributed by atoms with Crippen LogP contribution in [-0.4, -0.2) is 16.1 Å². The number of aromatic nitrogens is 1. The Bertz CT molecular complexity index is 603. The lowest BCUT2D eigenvalue weighted by Crippen LogP contribution is -2.12. The number of carboxylic acids is 1. The summed E-state index contributed by atoms with van der Waals surface area (Å²) in [4.78, 5) is 15.4. The lowest BCUT2D eigenvalue weighted by Gasteiger charge is -2.03. The number of hydrogen-bond donors (Lipinski definition) is 2. The fourth-order valence-corrected chi connectivity index (χ4v) is 2.90. The highest BCUT2D eigenvalue weighted by molar-refractivity contribution is 7.09. The second kappa shape index (κ2) is 5.73. The summed E-state index contributed by atoms with van der Waals surface area (Å²) in [6.45, 7) is 1.48. The largest absolute Gasteiger partial charge is 0.478 e. The Labute approximate surface area is 121 Å². The fraction of sp³-hybridized carbons (Fsp3) is 0.333. The number of hydrogen-bond acceptors (Lipinski definition) is 4. The van der Waals surface area contributed by atoms with Crippen LogP contribution < -0.4 is 5.32 Å². The van der Waals surface area contributed by atoms with E-state index in [1.807, 2.05) is 12.1 Å². The third-order valence-corrected chi connectivity index (χ3v) is 4.24. The molecule has 4 nitrogen and oxygen atoms in total. The Balaban J connectivity index is 1.49. The summed E-state index contributed by atoms with van der Waals surface area (Å²) >= 11 is 1.71. The molecule has 0 atom stereocenters. The molecule has 3 rings (SSSR count). The van der Waals surface area contributed by atoms with E-state index in [2.05, 4.69) is 15.7 Å². The second-order valence-electron chi connectivity index (χ2n) is 5.05. The van der Waals surface area contributed by atoms with Crippen molar-refractivity contribution in [1.82, 2.24) is 10.3 Å². The van der Waals surface area contributed by atoms with Crippen LogP contribution >= 0.6 is 11.3 Å². The second-order valence-corrected chi connectivity index (χ2v) is 5.99. The molecule has 0 aliphatic heterocycles. The molecule has 0 unspecified atom stereocenters. The number of nitrogens with zero attached hydrogens (tertiary/aromatic N) is 1. The Morgan fingerprint density at radius 1 is 1.30 bits per heavy atom. The van der Waals surface area contributed by atoms with Crippen molar-refractivity contribution in [1.29, 1.82) is 0 Å². The third-order valence-electron chi connectivity index (χ3n) is 3.37. The van der Waals surface area contributed by atoms with Crippen molar-refractivity contribution in [2.45, 2.75) is 31.8 Å². The summed E-state index contributed by atoms with van der Waals surface area (Å²) < 4.78 is 0. The average Bonchev–Trinajstić information content (AvgIpc) is 3.20. The monoisotopic (exact) mass is 288 g/mol. The first-order valence-corrected chi connectivity index (χ1v) is 7.57. The molecule has 2 aromatic rings. The third kappa shape index (κ3) is 3.23. The van der Waals surface area contributed by atoms with Gasteiger partial charge in [0.05, 0.1) is 11.3 Å². The summed E-state index contributed by atoms with van der Waals surface area (Å²) in [5, 5.41) is 15.5. The first-order valence-electron chi connectivity index (χ1n) is 6.69. The summed E-state index contributed by atoms with van der Waals surface area (Å²) in [5.41, 5.74) is 2.65. The van der Waals surface area contributed by atoms with Crippen molar-refractivity contribution in [2.75, 3.05) is 0 Å². The van der Waals surface area contributed by atoms with Crippen LogP contribution in [0, 0.1) is 0 Å². The van der Waals surface area contributed by atoms with E-state index in [9.17, 15) is 4.79 Å². The van der Waals surface area contributed by atoms with E-state index in [-0.39, 0.29) is 0 Å². The molecule has 0 amide bonds. The predicted octanol–water partition coefficient (Wildman–Crippen LogP) is 3.01. The Morgan fingerprint density at radius 3 is 2.70 bits per heavy atom. The van der Waals surface area contributed by atoms with Crippen LogP contribution in [0.2, 0.25) is 0 Å². The van der Waals surface area contributed by atoms with E-state index in [0.29, 0.717) is 11.5 Å². The number of carboxylic acid groups (broad SMARTS) is 1. The number of thiazole rings is 1. The van der Waals surface area contributed by atoms with Crippen molar-refractivity contribution in [3.05, 3.63) is 51.5 Å². The number of aromatic carboxylic acids is 1. The van der Waals surface area contributed by atoms with E-state index >= 15 is 0 Å². The maximum absolute atomic E-state index is 10.8. The Hall–Kier alpha value is -1.72. The molecule has 5 heteroatoms. The number of rotatable bonds is 6. The molecule has 1 aliphatic carbocycles. The van der Waals surface area contributed by atoms with E-state index in [0.717, 1.165) is 23.7 Å². The summed E-state index contributed by atoms with van der Waals surface area (Å²) in [7, 11) is 0. The van der Waals surface area contributed by atoms with Gasteiger partial charge in [-0.15, -0.1) is 11.3 Å². The van der Waals surface area contributed by atoms with E-state index in [1.165, 1.54) is 18.5 Å². The van der Waals surface area contributed by atoms with Gasteiger partial charge < -0.3 is 10.4 Å². The molecule has 1 aromatic carbocycles. The van der Waals surface area contributed by atoms with Crippen LogP contribution in [0.1, 0.15) is 45.4 Å². The summed E-state index contributed by atoms with van der Waals surface area (Å²) in [5.74, 6) is -0.177. The number of carbonyl (C=O) groups is 1. The average molecular weight is 288 g/mol. The first kappa shape index (κ1) is 13.3. The minimum absolute atomic E-state index is 0.322. The highest BCUT2D eigenvalue weighted by Crippen LogP contribution is 2.40. The zero-order valence-corrected chi connectivity index (χ0v) is 11.8. The van der Waals surface area contributed by atoms with Gasteiger partial charge in [-0.05, 0) is 30.5 Å². The maximum Gasteiger partial charge on any atom is 0.335 e. The minimum Gasteiger partial charge on any atom is -0.478 e. The molecule has 104 valence electrons. The van der Waals surface area contributed by atoms with Gasteiger partial charge in [0.15, 0.2) is 0 Å². The maximum atomic E-state index is 10.8. The van der Waals surface area contributed by atoms with Crippen LogP contribution in [0.5, 0.6) is 0 Å². The normalized spacial score (nSPS) is 14.4. The Kier molecular flexibility index (Phi) is 3.80. The van der Waals surface area contributed by atoms with Crippen LogP contribution in [0.25, 0.3) is 0 Å². The molecule has 0 radical (unpaired) electrons. The minimum atomic E-state index is -0.889. The van der Waals surface area contributed by atoms with Crippen LogP contribution in [0.4, 0.5) is 0 Å². The van der Waals surface area contributed by atoms with Gasteiger partial charge in [-0.25, -0.2) is 9.78 Å². The summed E-state index contributed by atoms with van der Waals surface area (Å²) in [6, 6.07) is 6.95. The first-order chi connectivity index (χ1) is 9.72. The van der Waals surface area contributed by atoms with Crippen LogP contribution in [0.15, 0.2) is 29.6 Å². The molecule has 1 fully saturated rings. The van der Waals surface area contributed by atoms with E-state index < -0.39 is 5.97 Å². The number of nitrogens with one attached hydrogen (secondary N) is 1. The van der Waals surface area contributed by atoms with Crippen LogP contribution in [-0.2, 0) is 13.1 Å². The lowest BCUT2D eigenvalue weighted by atomic mass is 10.1. The van der Waals surface area contributed by atoms with Crippen molar-refractivity contribution in [3.63, 3.8) is 0 Å². The lowest BCUT2D eigenvalue weighted by molar-refractivity contribution is 0.0697. The SMILES string of the molecule is O=C(O)c1ccc(CNCc2nc(C3CC3)cs2)cc1. The molecule has 0 bridgehead atoms. The zero-order valence-electron chi connectivity index (χ0n) is 11.0. The standard InChI is InChI=1S/C15H16N2O2S/c18-15(19)12-3-1-10(2-4-12)7-16-8-14-17-13(9-20-14)11-5-6-11/h1-4,9,11,16H,5-8H2,(H,18,19).